The summed E-state index contributed by atoms with van der Waals surface area (Å²) in [7, 11) is 0. The van der Waals surface area contributed by atoms with Gasteiger partial charge in [-0.15, -0.1) is 0 Å². The van der Waals surface area contributed by atoms with E-state index in [0.29, 0.717) is 11.7 Å². The number of rotatable bonds is 0. The number of carbonyl (C=O) groups excluding carboxylic acids is 1. The summed E-state index contributed by atoms with van der Waals surface area (Å²) in [5.41, 5.74) is 5.79. The van der Waals surface area contributed by atoms with Crippen LogP contribution in [0.25, 0.3) is 0 Å². The molecule has 2 rings (SSSR count). The first-order valence-electron chi connectivity index (χ1n) is 4.08. The molecule has 10 heavy (non-hydrogen) atoms. The summed E-state index contributed by atoms with van der Waals surface area (Å²) < 4.78 is 0. The summed E-state index contributed by atoms with van der Waals surface area (Å²) in [6, 6.07) is 0.186. The third-order valence-corrected chi connectivity index (χ3v) is 2.96. The van der Waals surface area contributed by atoms with Crippen LogP contribution in [0.15, 0.2) is 0 Å². The van der Waals surface area contributed by atoms with Gasteiger partial charge in [0.05, 0.1) is 0 Å². The lowest BCUT2D eigenvalue weighted by molar-refractivity contribution is -0.126. The van der Waals surface area contributed by atoms with Crippen LogP contribution in [0.2, 0.25) is 0 Å². The smallest absolute Gasteiger partial charge is 0.140 e. The minimum atomic E-state index is 0.186. The standard InChI is InChI=1S/C8H13NO/c9-7-4-2-5-1-3-6(7)8(5)10/h5-7H,1-4,9H2/t5-,6+,7-/m1/s1. The van der Waals surface area contributed by atoms with Gasteiger partial charge in [-0.05, 0) is 25.7 Å². The highest BCUT2D eigenvalue weighted by Crippen LogP contribution is 2.38. The molecule has 3 atom stereocenters. The molecule has 0 aliphatic heterocycles. The van der Waals surface area contributed by atoms with E-state index in [0.717, 1.165) is 25.7 Å². The van der Waals surface area contributed by atoms with Gasteiger partial charge in [0, 0.05) is 17.9 Å². The SMILES string of the molecule is N[C@@H]1CC[C@H]2CC[C@@H]1C2=O. The highest BCUT2D eigenvalue weighted by Gasteiger charge is 2.41. The van der Waals surface area contributed by atoms with Gasteiger partial charge >= 0.3 is 0 Å². The zero-order valence-corrected chi connectivity index (χ0v) is 6.05. The molecule has 56 valence electrons. The molecule has 0 aromatic carbocycles. The normalized spacial score (nSPS) is 46.1. The van der Waals surface area contributed by atoms with E-state index in [-0.39, 0.29) is 12.0 Å². The molecule has 2 bridgehead atoms. The lowest BCUT2D eigenvalue weighted by Gasteiger charge is -2.23. The highest BCUT2D eigenvalue weighted by atomic mass is 16.1. The first-order valence-corrected chi connectivity index (χ1v) is 4.08. The van der Waals surface area contributed by atoms with Gasteiger partial charge in [0.25, 0.3) is 0 Å². The zero-order chi connectivity index (χ0) is 7.14. The molecule has 2 fully saturated rings. The van der Waals surface area contributed by atoms with Crippen LogP contribution in [0.1, 0.15) is 25.7 Å². The Kier molecular flexibility index (Phi) is 1.31. The van der Waals surface area contributed by atoms with Gasteiger partial charge in [-0.3, -0.25) is 4.79 Å². The Bertz CT molecular complexity index is 167. The molecule has 2 heteroatoms. The van der Waals surface area contributed by atoms with E-state index in [1.807, 2.05) is 0 Å². The fourth-order valence-corrected chi connectivity index (χ4v) is 2.27. The van der Waals surface area contributed by atoms with Crippen LogP contribution < -0.4 is 5.73 Å². The van der Waals surface area contributed by atoms with Crippen LogP contribution in [0, 0.1) is 11.8 Å². The van der Waals surface area contributed by atoms with Crippen molar-refractivity contribution in [3.8, 4) is 0 Å². The molecular formula is C8H13NO. The number of nitrogens with two attached hydrogens (primary N) is 1. The molecule has 2 aliphatic rings. The quantitative estimate of drug-likeness (QED) is 0.537. The van der Waals surface area contributed by atoms with Crippen molar-refractivity contribution >= 4 is 5.78 Å². The van der Waals surface area contributed by atoms with Crippen molar-refractivity contribution in [2.75, 3.05) is 0 Å². The predicted octanol–water partition coefficient (Wildman–Crippen LogP) is 0.703. The van der Waals surface area contributed by atoms with E-state index in [1.54, 1.807) is 0 Å². The number of fused-ring (bicyclic) bond motifs is 2. The Morgan fingerprint density at radius 3 is 2.60 bits per heavy atom. The molecule has 2 nitrogen and oxygen atoms in total. The Morgan fingerprint density at radius 1 is 1.20 bits per heavy atom. The third kappa shape index (κ3) is 0.717. The second-order valence-corrected chi connectivity index (χ2v) is 3.52. The number of ketones is 1. The average Bonchev–Trinajstić information content (AvgIpc) is 2.13. The lowest BCUT2D eigenvalue weighted by atomic mass is 9.84. The van der Waals surface area contributed by atoms with Crippen LogP contribution in [0.3, 0.4) is 0 Å². The van der Waals surface area contributed by atoms with Crippen molar-refractivity contribution in [1.29, 1.82) is 0 Å². The summed E-state index contributed by atoms with van der Waals surface area (Å²) in [6.45, 7) is 0. The molecule has 0 aromatic rings. The number of Topliss-reactive ketones (excluding diaryl/α,β-unsaturated/α-hetero) is 1. The van der Waals surface area contributed by atoms with Crippen LogP contribution in [0.5, 0.6) is 0 Å². The van der Waals surface area contributed by atoms with Gasteiger partial charge in [-0.25, -0.2) is 0 Å². The van der Waals surface area contributed by atoms with E-state index >= 15 is 0 Å². The van der Waals surface area contributed by atoms with Gasteiger partial charge < -0.3 is 5.73 Å². The Morgan fingerprint density at radius 2 is 1.90 bits per heavy atom. The molecule has 2 aliphatic carbocycles. The lowest BCUT2D eigenvalue weighted by Crippen LogP contribution is -2.38. The molecule has 0 aromatic heterocycles. The summed E-state index contributed by atoms with van der Waals surface area (Å²) in [5.74, 6) is 1.09. The highest BCUT2D eigenvalue weighted by molar-refractivity contribution is 5.86. The third-order valence-electron chi connectivity index (χ3n) is 2.96. The van der Waals surface area contributed by atoms with Crippen LogP contribution in [-0.2, 0) is 4.79 Å². The molecule has 0 amide bonds. The van der Waals surface area contributed by atoms with Crippen molar-refractivity contribution in [1.82, 2.24) is 0 Å². The van der Waals surface area contributed by atoms with Crippen molar-refractivity contribution < 1.29 is 4.79 Å². The summed E-state index contributed by atoms with van der Waals surface area (Å²) in [5, 5.41) is 0. The first-order chi connectivity index (χ1) is 4.79. The van der Waals surface area contributed by atoms with E-state index in [9.17, 15) is 4.79 Å². The largest absolute Gasteiger partial charge is 0.327 e. The Balaban J connectivity index is 2.20. The monoisotopic (exact) mass is 139 g/mol. The van der Waals surface area contributed by atoms with Crippen molar-refractivity contribution in [2.45, 2.75) is 31.7 Å². The van der Waals surface area contributed by atoms with Crippen LogP contribution in [-0.4, -0.2) is 11.8 Å². The summed E-state index contributed by atoms with van der Waals surface area (Å²) in [6.07, 6.45) is 4.29. The minimum Gasteiger partial charge on any atom is -0.327 e. The molecule has 0 radical (unpaired) electrons. The molecule has 0 saturated heterocycles. The molecule has 0 unspecified atom stereocenters. The van der Waals surface area contributed by atoms with E-state index < -0.39 is 0 Å². The second-order valence-electron chi connectivity index (χ2n) is 3.52. The van der Waals surface area contributed by atoms with Gasteiger partial charge in [0.2, 0.25) is 0 Å². The molecule has 0 heterocycles. The number of carbonyl (C=O) groups is 1. The van der Waals surface area contributed by atoms with Gasteiger partial charge in [0.15, 0.2) is 0 Å². The fourth-order valence-electron chi connectivity index (χ4n) is 2.27. The first kappa shape index (κ1) is 6.35. The fraction of sp³-hybridized carbons (Fsp3) is 0.875. The van der Waals surface area contributed by atoms with Gasteiger partial charge in [-0.1, -0.05) is 0 Å². The number of hydrogen-bond acceptors (Lipinski definition) is 2. The van der Waals surface area contributed by atoms with E-state index in [1.165, 1.54) is 0 Å². The second kappa shape index (κ2) is 2.06. The summed E-state index contributed by atoms with van der Waals surface area (Å²) in [4.78, 5) is 11.3. The maximum absolute atomic E-state index is 11.3. The maximum atomic E-state index is 11.3. The Labute approximate surface area is 60.8 Å². The Hall–Kier alpha value is -0.370. The molecule has 0 spiro atoms. The van der Waals surface area contributed by atoms with Crippen LogP contribution in [0.4, 0.5) is 0 Å². The zero-order valence-electron chi connectivity index (χ0n) is 6.05. The molecule has 2 saturated carbocycles. The maximum Gasteiger partial charge on any atom is 0.140 e. The van der Waals surface area contributed by atoms with Crippen molar-refractivity contribution in [3.05, 3.63) is 0 Å². The predicted molar refractivity (Wildman–Crippen MR) is 38.4 cm³/mol. The average molecular weight is 139 g/mol. The number of hydrogen-bond donors (Lipinski definition) is 1. The van der Waals surface area contributed by atoms with Gasteiger partial charge in [0.1, 0.15) is 5.78 Å². The molecular weight excluding hydrogens is 126 g/mol. The topological polar surface area (TPSA) is 43.1 Å². The summed E-state index contributed by atoms with van der Waals surface area (Å²) >= 11 is 0. The minimum absolute atomic E-state index is 0.186. The molecule has 2 N–H and O–H groups in total. The van der Waals surface area contributed by atoms with Gasteiger partial charge in [-0.2, -0.15) is 0 Å². The van der Waals surface area contributed by atoms with Crippen LogP contribution >= 0.6 is 0 Å². The van der Waals surface area contributed by atoms with E-state index in [2.05, 4.69) is 0 Å². The van der Waals surface area contributed by atoms with Crippen molar-refractivity contribution in [3.63, 3.8) is 0 Å². The van der Waals surface area contributed by atoms with Crippen molar-refractivity contribution in [2.24, 2.45) is 17.6 Å². The van der Waals surface area contributed by atoms with E-state index in [4.69, 9.17) is 5.73 Å².